The number of nitrogens with zero attached hydrogens (tertiary/aromatic N) is 3. The van der Waals surface area contributed by atoms with Gasteiger partial charge in [-0.3, -0.25) is 0 Å². The molecule has 0 radical (unpaired) electrons. The van der Waals surface area contributed by atoms with Gasteiger partial charge < -0.3 is 14.6 Å². The van der Waals surface area contributed by atoms with Crippen LogP contribution in [0.5, 0.6) is 0 Å². The molecule has 0 amide bonds. The molecule has 1 saturated heterocycles. The molecule has 26 heavy (non-hydrogen) atoms. The van der Waals surface area contributed by atoms with Gasteiger partial charge in [0.2, 0.25) is 11.8 Å². The van der Waals surface area contributed by atoms with E-state index in [0.29, 0.717) is 18.3 Å². The summed E-state index contributed by atoms with van der Waals surface area (Å²) in [6.07, 6.45) is 3.94. The van der Waals surface area contributed by atoms with Crippen molar-refractivity contribution in [3.63, 3.8) is 0 Å². The van der Waals surface area contributed by atoms with Gasteiger partial charge >= 0.3 is 0 Å². The van der Waals surface area contributed by atoms with Gasteiger partial charge in [0.05, 0.1) is 6.54 Å². The van der Waals surface area contributed by atoms with Gasteiger partial charge in [0.15, 0.2) is 0 Å². The highest BCUT2D eigenvalue weighted by Crippen LogP contribution is 2.22. The number of anilines is 2. The summed E-state index contributed by atoms with van der Waals surface area (Å²) in [5.74, 6) is 1.14. The Balaban J connectivity index is 1.36. The Morgan fingerprint density at radius 1 is 0.923 bits per heavy atom. The summed E-state index contributed by atoms with van der Waals surface area (Å²) >= 11 is 0. The van der Waals surface area contributed by atoms with E-state index in [2.05, 4.69) is 51.6 Å². The summed E-state index contributed by atoms with van der Waals surface area (Å²) in [4.78, 5) is 2.46. The first kappa shape index (κ1) is 16.6. The van der Waals surface area contributed by atoms with Crippen LogP contribution in [-0.2, 0) is 6.54 Å². The highest BCUT2D eigenvalue weighted by molar-refractivity contribution is 5.55. The number of hydrogen-bond donors (Lipinski definition) is 1. The highest BCUT2D eigenvalue weighted by Gasteiger charge is 2.11. The first-order valence-electron chi connectivity index (χ1n) is 9.26. The number of hydrogen-bond acceptors (Lipinski definition) is 5. The molecule has 0 unspecified atom stereocenters. The Bertz CT molecular complexity index is 833. The molecule has 0 bridgehead atoms. The molecular formula is C21H24N4O. The van der Waals surface area contributed by atoms with Gasteiger partial charge in [0, 0.05) is 30.0 Å². The number of benzene rings is 2. The van der Waals surface area contributed by atoms with Crippen molar-refractivity contribution < 1.29 is 4.42 Å². The lowest BCUT2D eigenvalue weighted by molar-refractivity contribution is 0.515. The fourth-order valence-corrected chi connectivity index (χ4v) is 3.26. The number of aryl methyl sites for hydroxylation is 1. The zero-order chi connectivity index (χ0) is 17.8. The van der Waals surface area contributed by atoms with Gasteiger partial charge in [0.25, 0.3) is 0 Å². The molecule has 1 aromatic heterocycles. The van der Waals surface area contributed by atoms with E-state index in [1.165, 1.54) is 30.5 Å². The third-order valence-corrected chi connectivity index (χ3v) is 4.80. The minimum Gasteiger partial charge on any atom is -0.419 e. The van der Waals surface area contributed by atoms with Crippen LogP contribution in [0.2, 0.25) is 0 Å². The van der Waals surface area contributed by atoms with Crippen LogP contribution >= 0.6 is 0 Å². The number of piperidine rings is 1. The SMILES string of the molecule is Cc1ccc(-c2nnc(CNc3ccc(N4CCCCC4)cc3)o2)cc1. The average molecular weight is 348 g/mol. The zero-order valence-corrected chi connectivity index (χ0v) is 15.1. The van der Waals surface area contributed by atoms with Crippen LogP contribution in [0.25, 0.3) is 11.5 Å². The molecule has 1 fully saturated rings. The normalized spacial score (nSPS) is 14.4. The van der Waals surface area contributed by atoms with Crippen molar-refractivity contribution in [2.45, 2.75) is 32.7 Å². The second kappa shape index (κ2) is 7.60. The van der Waals surface area contributed by atoms with Crippen LogP contribution in [0, 0.1) is 6.92 Å². The molecule has 0 aliphatic carbocycles. The third-order valence-electron chi connectivity index (χ3n) is 4.80. The van der Waals surface area contributed by atoms with Crippen LogP contribution in [0.15, 0.2) is 52.9 Å². The number of rotatable bonds is 5. The molecule has 1 aliphatic heterocycles. The summed E-state index contributed by atoms with van der Waals surface area (Å²) in [7, 11) is 0. The predicted octanol–water partition coefficient (Wildman–Crippen LogP) is 4.65. The second-order valence-electron chi connectivity index (χ2n) is 6.82. The Kier molecular flexibility index (Phi) is 4.86. The van der Waals surface area contributed by atoms with E-state index in [1.54, 1.807) is 0 Å². The summed E-state index contributed by atoms with van der Waals surface area (Å²) in [5, 5.41) is 11.6. The first-order valence-corrected chi connectivity index (χ1v) is 9.26. The monoisotopic (exact) mass is 348 g/mol. The van der Waals surface area contributed by atoms with Crippen LogP contribution in [0.1, 0.15) is 30.7 Å². The number of aromatic nitrogens is 2. The van der Waals surface area contributed by atoms with Gasteiger partial charge in [-0.2, -0.15) is 0 Å². The van der Waals surface area contributed by atoms with Crippen molar-refractivity contribution in [3.05, 3.63) is 60.0 Å². The molecule has 2 aromatic carbocycles. The topological polar surface area (TPSA) is 54.2 Å². The molecule has 1 N–H and O–H groups in total. The van der Waals surface area contributed by atoms with E-state index < -0.39 is 0 Å². The van der Waals surface area contributed by atoms with Crippen molar-refractivity contribution in [2.75, 3.05) is 23.3 Å². The van der Waals surface area contributed by atoms with Gasteiger partial charge in [-0.05, 0) is 62.6 Å². The minimum atomic E-state index is 0.516. The molecule has 4 rings (SSSR count). The van der Waals surface area contributed by atoms with Gasteiger partial charge in [0.1, 0.15) is 0 Å². The van der Waals surface area contributed by atoms with E-state index in [4.69, 9.17) is 4.42 Å². The fraction of sp³-hybridized carbons (Fsp3) is 0.333. The maximum atomic E-state index is 5.76. The van der Waals surface area contributed by atoms with Crippen molar-refractivity contribution in [3.8, 4) is 11.5 Å². The average Bonchev–Trinajstić information content (AvgIpc) is 3.17. The van der Waals surface area contributed by atoms with Crippen molar-refractivity contribution >= 4 is 11.4 Å². The minimum absolute atomic E-state index is 0.516. The molecule has 0 spiro atoms. The largest absolute Gasteiger partial charge is 0.419 e. The lowest BCUT2D eigenvalue weighted by Crippen LogP contribution is -2.29. The molecule has 0 saturated carbocycles. The zero-order valence-electron chi connectivity index (χ0n) is 15.1. The van der Waals surface area contributed by atoms with E-state index in [1.807, 2.05) is 24.3 Å². The number of nitrogens with one attached hydrogen (secondary N) is 1. The van der Waals surface area contributed by atoms with Crippen LogP contribution in [-0.4, -0.2) is 23.3 Å². The van der Waals surface area contributed by atoms with Crippen LogP contribution in [0.4, 0.5) is 11.4 Å². The Labute approximate surface area is 154 Å². The lowest BCUT2D eigenvalue weighted by atomic mass is 10.1. The van der Waals surface area contributed by atoms with E-state index in [9.17, 15) is 0 Å². The van der Waals surface area contributed by atoms with Gasteiger partial charge in [-0.25, -0.2) is 0 Å². The molecule has 1 aliphatic rings. The second-order valence-corrected chi connectivity index (χ2v) is 6.82. The molecule has 0 atom stereocenters. The molecule has 3 aromatic rings. The molecule has 134 valence electrons. The van der Waals surface area contributed by atoms with Gasteiger partial charge in [-0.15, -0.1) is 10.2 Å². The van der Waals surface area contributed by atoms with Crippen LogP contribution < -0.4 is 10.2 Å². The van der Waals surface area contributed by atoms with Crippen LogP contribution in [0.3, 0.4) is 0 Å². The first-order chi connectivity index (χ1) is 12.8. The van der Waals surface area contributed by atoms with Crippen molar-refractivity contribution in [2.24, 2.45) is 0 Å². The van der Waals surface area contributed by atoms with E-state index >= 15 is 0 Å². The molecule has 5 heteroatoms. The smallest absolute Gasteiger partial charge is 0.247 e. The summed E-state index contributed by atoms with van der Waals surface area (Å²) in [5.41, 5.74) is 4.51. The van der Waals surface area contributed by atoms with Crippen molar-refractivity contribution in [1.29, 1.82) is 0 Å². The molecule has 5 nitrogen and oxygen atoms in total. The maximum Gasteiger partial charge on any atom is 0.247 e. The Hall–Kier alpha value is -2.82. The van der Waals surface area contributed by atoms with Gasteiger partial charge in [-0.1, -0.05) is 17.7 Å². The van der Waals surface area contributed by atoms with E-state index in [0.717, 1.165) is 24.3 Å². The Morgan fingerprint density at radius 2 is 1.65 bits per heavy atom. The standard InChI is InChI=1S/C21H24N4O/c1-16-5-7-17(8-6-16)21-24-23-20(26-21)15-22-18-9-11-19(12-10-18)25-13-3-2-4-14-25/h5-12,22H,2-4,13-15H2,1H3. The molecular weight excluding hydrogens is 324 g/mol. The summed E-state index contributed by atoms with van der Waals surface area (Å²) < 4.78 is 5.76. The summed E-state index contributed by atoms with van der Waals surface area (Å²) in [6.45, 7) is 4.90. The summed E-state index contributed by atoms with van der Waals surface area (Å²) in [6, 6.07) is 16.7. The quantitative estimate of drug-likeness (QED) is 0.727. The molecule has 2 heterocycles. The lowest BCUT2D eigenvalue weighted by Gasteiger charge is -2.28. The van der Waals surface area contributed by atoms with Crippen molar-refractivity contribution in [1.82, 2.24) is 10.2 Å². The van der Waals surface area contributed by atoms with E-state index in [-0.39, 0.29) is 0 Å². The maximum absolute atomic E-state index is 5.76. The highest BCUT2D eigenvalue weighted by atomic mass is 16.4. The Morgan fingerprint density at radius 3 is 2.38 bits per heavy atom. The fourth-order valence-electron chi connectivity index (χ4n) is 3.26. The third kappa shape index (κ3) is 3.87. The predicted molar refractivity (Wildman–Crippen MR) is 104 cm³/mol.